The second kappa shape index (κ2) is 4.95. The first-order valence-electron chi connectivity index (χ1n) is 5.87. The van der Waals surface area contributed by atoms with E-state index in [-0.39, 0.29) is 16.1 Å². The van der Waals surface area contributed by atoms with E-state index < -0.39 is 21.5 Å². The van der Waals surface area contributed by atoms with Crippen LogP contribution in [0.4, 0.5) is 4.39 Å². The Morgan fingerprint density at radius 1 is 1.29 bits per heavy atom. The van der Waals surface area contributed by atoms with Gasteiger partial charge < -0.3 is 0 Å². The van der Waals surface area contributed by atoms with Gasteiger partial charge >= 0.3 is 5.69 Å². The molecule has 0 aliphatic heterocycles. The molecule has 0 fully saturated rings. The van der Waals surface area contributed by atoms with Gasteiger partial charge in [0.1, 0.15) is 4.90 Å². The second-order valence-electron chi connectivity index (χ2n) is 4.42. The Morgan fingerprint density at radius 3 is 2.38 bits per heavy atom. The lowest BCUT2D eigenvalue weighted by molar-refractivity contribution is 0.537. The maximum absolute atomic E-state index is 13.9. The van der Waals surface area contributed by atoms with E-state index in [1.165, 1.54) is 31.9 Å². The van der Waals surface area contributed by atoms with Gasteiger partial charge in [-0.15, -0.1) is 0 Å². The standard InChI is InChI=1S/C11H14FN5O3S/c1-7-9(6-15(3)14-7)21(19,20)17-5-8(12)10(13-2)16(4)11(17)18/h5-6H,1-4H3/b13-10+. The van der Waals surface area contributed by atoms with Crippen LogP contribution in [0.15, 0.2) is 27.1 Å². The summed E-state index contributed by atoms with van der Waals surface area (Å²) in [5.41, 5.74) is -0.925. The van der Waals surface area contributed by atoms with Crippen molar-refractivity contribution in [2.75, 3.05) is 7.05 Å². The van der Waals surface area contributed by atoms with E-state index >= 15 is 0 Å². The highest BCUT2D eigenvalue weighted by molar-refractivity contribution is 7.90. The average Bonchev–Trinajstić information content (AvgIpc) is 2.74. The molecule has 0 saturated carbocycles. The fourth-order valence-electron chi connectivity index (χ4n) is 1.98. The Labute approximate surface area is 119 Å². The zero-order chi connectivity index (χ0) is 15.9. The highest BCUT2D eigenvalue weighted by Crippen LogP contribution is 2.15. The molecule has 0 aliphatic rings. The Kier molecular flexibility index (Phi) is 3.58. The van der Waals surface area contributed by atoms with Gasteiger partial charge in [-0.05, 0) is 6.92 Å². The SMILES string of the molecule is C/N=c1\c(F)cn(S(=O)(=O)c2cn(C)nc2C)c(=O)n1C. The summed E-state index contributed by atoms with van der Waals surface area (Å²) < 4.78 is 41.4. The molecular formula is C11H14FN5O3S. The summed E-state index contributed by atoms with van der Waals surface area (Å²) in [4.78, 5) is 15.6. The van der Waals surface area contributed by atoms with Gasteiger partial charge in [0.25, 0.3) is 10.0 Å². The fraction of sp³-hybridized carbons (Fsp3) is 0.364. The van der Waals surface area contributed by atoms with Crippen LogP contribution < -0.4 is 11.2 Å². The topological polar surface area (TPSA) is 91.2 Å². The van der Waals surface area contributed by atoms with Crippen LogP contribution in [0.2, 0.25) is 0 Å². The first kappa shape index (κ1) is 15.2. The van der Waals surface area contributed by atoms with E-state index in [0.29, 0.717) is 10.2 Å². The third-order valence-electron chi connectivity index (χ3n) is 2.95. The zero-order valence-electron chi connectivity index (χ0n) is 11.9. The monoisotopic (exact) mass is 315 g/mol. The summed E-state index contributed by atoms with van der Waals surface area (Å²) in [7, 11) is -0.128. The zero-order valence-corrected chi connectivity index (χ0v) is 12.7. The van der Waals surface area contributed by atoms with Gasteiger partial charge in [0, 0.05) is 27.3 Å². The molecule has 0 spiro atoms. The molecule has 21 heavy (non-hydrogen) atoms. The van der Waals surface area contributed by atoms with E-state index in [9.17, 15) is 17.6 Å². The lowest BCUT2D eigenvalue weighted by Crippen LogP contribution is -2.42. The molecule has 2 rings (SSSR count). The van der Waals surface area contributed by atoms with Crippen LogP contribution in [0.3, 0.4) is 0 Å². The number of nitrogens with zero attached hydrogens (tertiary/aromatic N) is 5. The summed E-state index contributed by atoms with van der Waals surface area (Å²) in [5.74, 6) is -0.912. The highest BCUT2D eigenvalue weighted by atomic mass is 32.2. The van der Waals surface area contributed by atoms with Crippen LogP contribution in [-0.4, -0.2) is 33.8 Å². The quantitative estimate of drug-likeness (QED) is 0.721. The Balaban J connectivity index is 2.85. The number of halogens is 1. The van der Waals surface area contributed by atoms with E-state index in [2.05, 4.69) is 10.1 Å². The van der Waals surface area contributed by atoms with Crippen molar-refractivity contribution in [3.05, 3.63) is 39.9 Å². The minimum absolute atomic E-state index is 0.160. The number of rotatable bonds is 2. The predicted octanol–water partition coefficient (Wildman–Crippen LogP) is -0.865. The molecule has 0 saturated heterocycles. The van der Waals surface area contributed by atoms with Crippen molar-refractivity contribution < 1.29 is 12.8 Å². The van der Waals surface area contributed by atoms with Crippen LogP contribution >= 0.6 is 0 Å². The second-order valence-corrected chi connectivity index (χ2v) is 6.20. The van der Waals surface area contributed by atoms with Crippen molar-refractivity contribution in [3.8, 4) is 0 Å². The maximum Gasteiger partial charge on any atom is 0.343 e. The molecule has 0 bridgehead atoms. The van der Waals surface area contributed by atoms with Gasteiger partial charge in [0.05, 0.1) is 11.9 Å². The molecule has 0 radical (unpaired) electrons. The number of hydrogen-bond acceptors (Lipinski definition) is 5. The molecule has 0 N–H and O–H groups in total. The molecule has 0 unspecified atom stereocenters. The van der Waals surface area contributed by atoms with Gasteiger partial charge in [-0.3, -0.25) is 14.2 Å². The van der Waals surface area contributed by atoms with Crippen molar-refractivity contribution in [2.24, 2.45) is 19.1 Å². The largest absolute Gasteiger partial charge is 0.343 e. The maximum atomic E-state index is 13.9. The van der Waals surface area contributed by atoms with Crippen LogP contribution in [0.5, 0.6) is 0 Å². The van der Waals surface area contributed by atoms with Crippen molar-refractivity contribution in [3.63, 3.8) is 0 Å². The minimum atomic E-state index is -4.23. The van der Waals surface area contributed by atoms with Crippen molar-refractivity contribution in [1.82, 2.24) is 18.3 Å². The summed E-state index contributed by atoms with van der Waals surface area (Å²) >= 11 is 0. The smallest absolute Gasteiger partial charge is 0.278 e. The molecule has 8 nitrogen and oxygen atoms in total. The lowest BCUT2D eigenvalue weighted by atomic mass is 10.5. The molecule has 0 amide bonds. The molecule has 114 valence electrons. The van der Waals surface area contributed by atoms with Gasteiger partial charge in [-0.1, -0.05) is 0 Å². The highest BCUT2D eigenvalue weighted by Gasteiger charge is 2.25. The van der Waals surface area contributed by atoms with Gasteiger partial charge in [-0.2, -0.15) is 9.07 Å². The number of hydrogen-bond donors (Lipinski definition) is 0. The van der Waals surface area contributed by atoms with Crippen molar-refractivity contribution >= 4 is 10.0 Å². The molecule has 2 aromatic heterocycles. The molecule has 2 aromatic rings. The van der Waals surface area contributed by atoms with E-state index in [4.69, 9.17) is 0 Å². The summed E-state index contributed by atoms with van der Waals surface area (Å²) in [6, 6.07) is 0. The van der Waals surface area contributed by atoms with Crippen molar-refractivity contribution in [2.45, 2.75) is 11.8 Å². The molecule has 0 atom stereocenters. The summed E-state index contributed by atoms with van der Waals surface area (Å²) in [5, 5.41) is 3.91. The minimum Gasteiger partial charge on any atom is -0.278 e. The summed E-state index contributed by atoms with van der Waals surface area (Å²) in [6.07, 6.45) is 1.87. The van der Waals surface area contributed by atoms with Gasteiger partial charge in [0.15, 0.2) is 11.3 Å². The molecular weight excluding hydrogens is 301 g/mol. The third-order valence-corrected chi connectivity index (χ3v) is 4.69. The molecule has 10 heteroatoms. The fourth-order valence-corrected chi connectivity index (χ4v) is 3.45. The van der Waals surface area contributed by atoms with Crippen molar-refractivity contribution in [1.29, 1.82) is 0 Å². The predicted molar refractivity (Wildman–Crippen MR) is 71.6 cm³/mol. The first-order chi connectivity index (χ1) is 9.70. The van der Waals surface area contributed by atoms with E-state index in [1.807, 2.05) is 0 Å². The molecule has 2 heterocycles. The summed E-state index contributed by atoms with van der Waals surface area (Å²) in [6.45, 7) is 1.49. The first-order valence-corrected chi connectivity index (χ1v) is 7.31. The van der Waals surface area contributed by atoms with Crippen LogP contribution in [0.1, 0.15) is 5.69 Å². The Bertz CT molecular complexity index is 936. The number of aryl methyl sites for hydroxylation is 2. The average molecular weight is 315 g/mol. The molecule has 0 aromatic carbocycles. The normalized spacial score (nSPS) is 12.9. The van der Waals surface area contributed by atoms with Gasteiger partial charge in [-0.25, -0.2) is 17.6 Å². The lowest BCUT2D eigenvalue weighted by Gasteiger charge is -2.09. The number of aromatic nitrogens is 4. The van der Waals surface area contributed by atoms with Crippen LogP contribution in [0, 0.1) is 12.7 Å². The molecule has 0 aliphatic carbocycles. The van der Waals surface area contributed by atoms with Crippen LogP contribution in [-0.2, 0) is 24.1 Å². The Hall–Kier alpha value is -2.23. The van der Waals surface area contributed by atoms with E-state index in [1.54, 1.807) is 7.05 Å². The Morgan fingerprint density at radius 2 is 1.90 bits per heavy atom. The van der Waals surface area contributed by atoms with Crippen LogP contribution in [0.25, 0.3) is 0 Å². The van der Waals surface area contributed by atoms with E-state index in [0.717, 1.165) is 4.57 Å². The third kappa shape index (κ3) is 2.31. The van der Waals surface area contributed by atoms with Gasteiger partial charge in [0.2, 0.25) is 0 Å².